The van der Waals surface area contributed by atoms with Crippen LogP contribution in [0.4, 0.5) is 0 Å². The second-order valence-corrected chi connectivity index (χ2v) is 12.6. The van der Waals surface area contributed by atoms with E-state index in [0.29, 0.717) is 6.61 Å². The van der Waals surface area contributed by atoms with E-state index in [0.717, 1.165) is 4.13 Å². The van der Waals surface area contributed by atoms with Crippen LogP contribution in [0.5, 0.6) is 0 Å². The first-order valence-corrected chi connectivity index (χ1v) is 11.3. The number of benzene rings is 2. The molecule has 0 radical (unpaired) electrons. The van der Waals surface area contributed by atoms with Gasteiger partial charge in [-0.1, -0.05) is 0 Å². The molecule has 1 N–H and O–H groups in total. The normalized spacial score (nSPS) is 10.6. The van der Waals surface area contributed by atoms with E-state index in [1.165, 1.54) is 6.54 Å². The summed E-state index contributed by atoms with van der Waals surface area (Å²) >= 11 is -1.90. The second-order valence-electron chi connectivity index (χ2n) is 3.55. The number of aliphatic hydroxyl groups excluding tert-OH is 1. The van der Waals surface area contributed by atoms with Crippen LogP contribution in [0.2, 0.25) is 4.13 Å². The average Bonchev–Trinajstić information content (AvgIpc) is 2.38. The Morgan fingerprint density at radius 3 is 1.56 bits per heavy atom. The Hall–Kier alpha value is -0.717. The monoisotopic (exact) mass is 408 g/mol. The van der Waals surface area contributed by atoms with Gasteiger partial charge < -0.3 is 0 Å². The van der Waals surface area contributed by atoms with Crippen molar-refractivity contribution in [1.29, 1.82) is 0 Å². The summed E-state index contributed by atoms with van der Waals surface area (Å²) in [5.41, 5.74) is 0. The van der Waals surface area contributed by atoms with E-state index < -0.39 is 21.8 Å². The van der Waals surface area contributed by atoms with Crippen LogP contribution in [0.1, 0.15) is 0 Å². The van der Waals surface area contributed by atoms with Crippen molar-refractivity contribution in [3.8, 4) is 0 Å². The molecule has 0 bridgehead atoms. The molecule has 0 aliphatic carbocycles. The van der Waals surface area contributed by atoms with E-state index in [9.17, 15) is 5.11 Å². The topological polar surface area (TPSA) is 20.2 Å². The summed E-state index contributed by atoms with van der Waals surface area (Å²) in [6.45, 7) is 0.307. The molecule has 0 amide bonds. The number of rotatable bonds is 4. The zero-order valence-electron chi connectivity index (χ0n) is 9.08. The number of aliphatic hydroxyl groups is 1. The van der Waals surface area contributed by atoms with Crippen molar-refractivity contribution in [1.82, 2.24) is 0 Å². The van der Waals surface area contributed by atoms with E-state index in [-0.39, 0.29) is 0 Å². The maximum atomic E-state index is 9.21. The Morgan fingerprint density at radius 1 is 0.750 bits per heavy atom. The Morgan fingerprint density at radius 2 is 1.19 bits per heavy atom. The third-order valence-corrected chi connectivity index (χ3v) is 12.1. The molecule has 0 saturated heterocycles. The van der Waals surface area contributed by atoms with Crippen LogP contribution in [0.15, 0.2) is 60.7 Å². The van der Waals surface area contributed by atoms with Crippen molar-refractivity contribution in [2.75, 3.05) is 6.61 Å². The third-order valence-electron chi connectivity index (χ3n) is 2.46. The van der Waals surface area contributed by atoms with E-state index in [4.69, 9.17) is 0 Å². The van der Waals surface area contributed by atoms with Gasteiger partial charge in [0.15, 0.2) is 0 Å². The average molecular weight is 408 g/mol. The van der Waals surface area contributed by atoms with Crippen LogP contribution in [0, 0.1) is 0 Å². The molecular weight excluding hydrogens is 393 g/mol. The Balaban J connectivity index is 2.31. The second kappa shape index (κ2) is 6.13. The molecule has 2 rings (SSSR count). The summed E-state index contributed by atoms with van der Waals surface area (Å²) in [4.78, 5) is 0. The van der Waals surface area contributed by atoms with Gasteiger partial charge in [0.2, 0.25) is 0 Å². The van der Waals surface area contributed by atoms with E-state index in [1.807, 2.05) is 0 Å². The summed E-state index contributed by atoms with van der Waals surface area (Å²) in [5, 5.41) is 9.21. The molecule has 0 aliphatic heterocycles. The minimum atomic E-state index is -1.90. The maximum absolute atomic E-state index is 9.21. The van der Waals surface area contributed by atoms with Gasteiger partial charge >= 0.3 is 105 Å². The fourth-order valence-corrected chi connectivity index (χ4v) is 9.80. The summed E-state index contributed by atoms with van der Waals surface area (Å²) in [5.74, 6) is 0. The summed E-state index contributed by atoms with van der Waals surface area (Å²) < 4.78 is 3.92. The molecule has 0 aliphatic rings. The predicted molar refractivity (Wildman–Crippen MR) is 69.8 cm³/mol. The Kier molecular flexibility index (Phi) is 4.50. The van der Waals surface area contributed by atoms with Gasteiger partial charge in [0.25, 0.3) is 0 Å². The molecule has 0 saturated carbocycles. The van der Waals surface area contributed by atoms with Crippen LogP contribution in [-0.2, 0) is 0 Å². The van der Waals surface area contributed by atoms with Crippen LogP contribution in [-0.4, -0.2) is 33.5 Å². The van der Waals surface area contributed by atoms with E-state index in [2.05, 4.69) is 60.7 Å². The molecular formula is C14H15BiO. The summed E-state index contributed by atoms with van der Waals surface area (Å²) in [6, 6.07) is 21.3. The van der Waals surface area contributed by atoms with Crippen molar-refractivity contribution >= 4 is 28.3 Å². The van der Waals surface area contributed by atoms with Crippen molar-refractivity contribution in [2.45, 2.75) is 4.13 Å². The minimum absolute atomic E-state index is 0.307. The fraction of sp³-hybridized carbons (Fsp3) is 0.143. The molecule has 82 valence electrons. The SMILES string of the molecule is OC[CH2][Bi]([c]1ccccc1)[c]1ccccc1. The fourth-order valence-electron chi connectivity index (χ4n) is 1.72. The Labute approximate surface area is 104 Å². The molecule has 2 aromatic rings. The molecule has 0 heterocycles. The van der Waals surface area contributed by atoms with Gasteiger partial charge in [-0.15, -0.1) is 0 Å². The quantitative estimate of drug-likeness (QED) is 0.757. The van der Waals surface area contributed by atoms with Gasteiger partial charge in [0.05, 0.1) is 0 Å². The third kappa shape index (κ3) is 2.90. The molecule has 2 heteroatoms. The summed E-state index contributed by atoms with van der Waals surface area (Å²) in [6.07, 6.45) is 0. The van der Waals surface area contributed by atoms with Crippen LogP contribution in [0.3, 0.4) is 0 Å². The first kappa shape index (κ1) is 11.8. The van der Waals surface area contributed by atoms with Crippen molar-refractivity contribution < 1.29 is 5.11 Å². The predicted octanol–water partition coefficient (Wildman–Crippen LogP) is 1.29. The van der Waals surface area contributed by atoms with Gasteiger partial charge in [-0.2, -0.15) is 0 Å². The molecule has 0 aromatic heterocycles. The standard InChI is InChI=1S/2C6H5.C2H5O.Bi/c2*1-2-4-6-5-3-1;1-2-3;/h2*1-5H;3H,1-2H2;. The van der Waals surface area contributed by atoms with Crippen LogP contribution >= 0.6 is 0 Å². The van der Waals surface area contributed by atoms with Gasteiger partial charge in [-0.25, -0.2) is 0 Å². The van der Waals surface area contributed by atoms with Crippen LogP contribution < -0.4 is 6.54 Å². The molecule has 0 fully saturated rings. The summed E-state index contributed by atoms with van der Waals surface area (Å²) in [7, 11) is 0. The molecule has 16 heavy (non-hydrogen) atoms. The molecule has 0 spiro atoms. The Bertz CT molecular complexity index is 374. The van der Waals surface area contributed by atoms with E-state index >= 15 is 0 Å². The first-order chi connectivity index (χ1) is 7.92. The molecule has 1 nitrogen and oxygen atoms in total. The molecule has 0 atom stereocenters. The first-order valence-electron chi connectivity index (χ1n) is 5.40. The zero-order chi connectivity index (χ0) is 11.2. The van der Waals surface area contributed by atoms with Crippen LogP contribution in [0.25, 0.3) is 0 Å². The van der Waals surface area contributed by atoms with Crippen molar-refractivity contribution in [3.63, 3.8) is 0 Å². The van der Waals surface area contributed by atoms with Gasteiger partial charge in [-0.3, -0.25) is 0 Å². The van der Waals surface area contributed by atoms with E-state index in [1.54, 1.807) is 0 Å². The van der Waals surface area contributed by atoms with Gasteiger partial charge in [0, 0.05) is 0 Å². The molecule has 0 unspecified atom stereocenters. The zero-order valence-corrected chi connectivity index (χ0v) is 12.6. The number of hydrogen-bond acceptors (Lipinski definition) is 1. The molecule has 2 aromatic carbocycles. The number of hydrogen-bond donors (Lipinski definition) is 1. The van der Waals surface area contributed by atoms with Gasteiger partial charge in [0.1, 0.15) is 0 Å². The van der Waals surface area contributed by atoms with Gasteiger partial charge in [-0.05, 0) is 0 Å². The van der Waals surface area contributed by atoms with Crippen molar-refractivity contribution in [3.05, 3.63) is 60.7 Å². The van der Waals surface area contributed by atoms with Crippen molar-refractivity contribution in [2.24, 2.45) is 0 Å².